The summed E-state index contributed by atoms with van der Waals surface area (Å²) in [5.41, 5.74) is 5.56. The van der Waals surface area contributed by atoms with Crippen molar-refractivity contribution in [2.45, 2.75) is 242 Å². The topological polar surface area (TPSA) is 319 Å². The van der Waals surface area contributed by atoms with E-state index in [4.69, 9.17) is 5.73 Å². The molecule has 4 rings (SSSR count). The fourth-order valence-corrected chi connectivity index (χ4v) is 13.0. The SMILES string of the molecule is C.CC[C@H](C)NCC(=O)N(CC(=O)N(CCCN1CCCC1=O)CC(=O)N(CCCN1CCCC1=O)CC(=O)N(CC(=O)N(CC(=O)N(CCCN1CCCC1=O)CC(=O)N(CCCN1CCCC1=O)CC(=O)N(CC(=O)N(CC(N)=O)[C@@H](C)CC)[C@@H](C)CC)[C@@H](C)CC)[C@@H](C)CC)[C@@H](C)CC. The van der Waals surface area contributed by atoms with Crippen LogP contribution in [0.15, 0.2) is 0 Å². The molecule has 4 saturated heterocycles. The molecule has 6 atom stereocenters. The molecule has 580 valence electrons. The van der Waals surface area contributed by atoms with E-state index in [-0.39, 0.29) is 127 Å². The highest BCUT2D eigenvalue weighted by Crippen LogP contribution is 2.19. The fraction of sp³-hybridized carbons (Fsp3) is 0.808. The van der Waals surface area contributed by atoms with E-state index in [2.05, 4.69) is 5.32 Å². The monoisotopic (exact) mass is 1440 g/mol. The molecule has 0 aromatic rings. The molecule has 0 radical (unpaired) electrons. The highest BCUT2D eigenvalue weighted by molar-refractivity contribution is 5.95. The molecule has 29 heteroatoms. The van der Waals surface area contributed by atoms with Crippen molar-refractivity contribution in [3.63, 3.8) is 0 Å². The van der Waals surface area contributed by atoms with E-state index >= 15 is 24.0 Å². The predicted molar refractivity (Wildman–Crippen MR) is 389 cm³/mol. The van der Waals surface area contributed by atoms with E-state index in [0.717, 1.165) is 6.42 Å². The van der Waals surface area contributed by atoms with Gasteiger partial charge in [0.05, 0.1) is 39.3 Å². The number of nitrogens with two attached hydrogens (primary N) is 1. The molecule has 4 aliphatic rings. The van der Waals surface area contributed by atoms with Crippen molar-refractivity contribution >= 4 is 82.7 Å². The van der Waals surface area contributed by atoms with Gasteiger partial charge >= 0.3 is 0 Å². The molecule has 0 aromatic carbocycles. The second kappa shape index (κ2) is 45.6. The molecule has 4 fully saturated rings. The highest BCUT2D eigenvalue weighted by atomic mass is 16.2. The Kier molecular flexibility index (Phi) is 39.7. The van der Waals surface area contributed by atoms with Gasteiger partial charge in [-0.3, -0.25) is 67.1 Å². The second-order valence-electron chi connectivity index (χ2n) is 28.2. The van der Waals surface area contributed by atoms with Crippen molar-refractivity contribution in [3.8, 4) is 0 Å². The quantitative estimate of drug-likeness (QED) is 0.0885. The molecule has 29 nitrogen and oxygen atoms in total. The van der Waals surface area contributed by atoms with Gasteiger partial charge in [0.2, 0.25) is 82.7 Å². The number of rotatable bonds is 48. The zero-order chi connectivity index (χ0) is 75.0. The smallest absolute Gasteiger partial charge is 0.242 e. The molecule has 0 spiro atoms. The van der Waals surface area contributed by atoms with Gasteiger partial charge in [-0.15, -0.1) is 0 Å². The molecular weight excluding hydrogens is 1310 g/mol. The summed E-state index contributed by atoms with van der Waals surface area (Å²) >= 11 is 0. The normalized spacial score (nSPS) is 16.2. The van der Waals surface area contributed by atoms with Crippen LogP contribution in [-0.2, 0) is 67.1 Å². The minimum atomic E-state index is -0.717. The average molecular weight is 1440 g/mol. The van der Waals surface area contributed by atoms with Crippen molar-refractivity contribution in [2.75, 3.05) is 144 Å². The Hall–Kier alpha value is -7.46. The Bertz CT molecular complexity index is 2790. The van der Waals surface area contributed by atoms with Crippen molar-refractivity contribution < 1.29 is 67.1 Å². The number of hydrogen-bond donors (Lipinski definition) is 2. The number of likely N-dealkylation sites (tertiary alicyclic amines) is 4. The maximum absolute atomic E-state index is 15.2. The second-order valence-corrected chi connectivity index (χ2v) is 28.2. The number of carbonyl (C=O) groups is 14. The van der Waals surface area contributed by atoms with E-state index in [9.17, 15) is 43.2 Å². The summed E-state index contributed by atoms with van der Waals surface area (Å²) < 4.78 is 0. The minimum absolute atomic E-state index is 0. The fourth-order valence-electron chi connectivity index (χ4n) is 13.0. The lowest BCUT2D eigenvalue weighted by Gasteiger charge is -2.36. The van der Waals surface area contributed by atoms with E-state index in [1.807, 2.05) is 55.4 Å². The van der Waals surface area contributed by atoms with Gasteiger partial charge in [0, 0.05) is 140 Å². The summed E-state index contributed by atoms with van der Waals surface area (Å²) in [6, 6.07) is -2.30. The first-order valence-corrected chi connectivity index (χ1v) is 37.7. The molecule has 14 amide bonds. The van der Waals surface area contributed by atoms with Crippen LogP contribution < -0.4 is 11.1 Å². The summed E-state index contributed by atoms with van der Waals surface area (Å²) in [6.07, 6.45) is 8.56. The van der Waals surface area contributed by atoms with Crippen molar-refractivity contribution in [3.05, 3.63) is 0 Å². The van der Waals surface area contributed by atoms with Gasteiger partial charge < -0.3 is 74.7 Å². The maximum atomic E-state index is 15.2. The van der Waals surface area contributed by atoms with E-state index in [1.165, 1.54) is 44.1 Å². The molecule has 102 heavy (non-hydrogen) atoms. The predicted octanol–water partition coefficient (Wildman–Crippen LogP) is 3.00. The average Bonchev–Trinajstić information content (AvgIpc) is 1.37. The van der Waals surface area contributed by atoms with Gasteiger partial charge in [-0.25, -0.2) is 0 Å². The van der Waals surface area contributed by atoms with Crippen molar-refractivity contribution in [2.24, 2.45) is 5.73 Å². The first-order chi connectivity index (χ1) is 48.0. The zero-order valence-corrected chi connectivity index (χ0v) is 63.4. The van der Waals surface area contributed by atoms with E-state index in [0.29, 0.717) is 136 Å². The van der Waals surface area contributed by atoms with Crippen LogP contribution in [0.3, 0.4) is 0 Å². The van der Waals surface area contributed by atoms with Crippen LogP contribution in [0.25, 0.3) is 0 Å². The number of nitrogens with zero attached hydrogens (tertiary/aromatic N) is 13. The lowest BCUT2D eigenvalue weighted by atomic mass is 10.1. The summed E-state index contributed by atoms with van der Waals surface area (Å²) in [5.74, 6) is -5.66. The van der Waals surface area contributed by atoms with Crippen LogP contribution in [0, 0.1) is 0 Å². The molecule has 0 unspecified atom stereocenters. The standard InChI is InChI=1S/C72H125N15O14.CH4/c1-13-53(7)74-43-64(93)84(55(9)15-3)49-67(96)79(39-23-35-75-31-19-27-60(75)89)45-65(94)82(42-26-38-78-34-22-30-63(78)92)48-70(99)87(58(12)18-6)52-72(101)85(56(10)16-4)50-68(97)80(40-24-36-76-32-20-28-61(76)90)46-66(95)81(41-25-37-77-33-21-29-62(77)91)47-69(98)86(57(11)17-5)51-71(100)83(44-59(73)88)54(8)14-2;/h53-58,74H,13-52H2,1-12H3,(H2,73,88);1H4/t53-,54-,55-,56-,57-,58-;/m0./s1. The van der Waals surface area contributed by atoms with Crippen LogP contribution in [0.1, 0.15) is 206 Å². The third-order valence-corrected chi connectivity index (χ3v) is 20.8. The molecule has 3 N–H and O–H groups in total. The minimum Gasteiger partial charge on any atom is -0.368 e. The number of primary amides is 1. The van der Waals surface area contributed by atoms with Gasteiger partial charge in [-0.05, 0) is 131 Å². The first kappa shape index (κ1) is 88.8. The molecule has 0 bridgehead atoms. The zero-order valence-electron chi connectivity index (χ0n) is 63.4. The first-order valence-electron chi connectivity index (χ1n) is 37.7. The lowest BCUT2D eigenvalue weighted by Crippen LogP contribution is -2.55. The van der Waals surface area contributed by atoms with Crippen LogP contribution in [0.4, 0.5) is 0 Å². The van der Waals surface area contributed by atoms with Gasteiger partial charge in [0.25, 0.3) is 0 Å². The third kappa shape index (κ3) is 28.3. The molecule has 4 aliphatic heterocycles. The van der Waals surface area contributed by atoms with Gasteiger partial charge in [-0.1, -0.05) is 49.0 Å². The van der Waals surface area contributed by atoms with Gasteiger partial charge in [0.1, 0.15) is 26.2 Å². The Balaban J connectivity index is 0.0000270. The Morgan fingerprint density at radius 1 is 0.343 bits per heavy atom. The summed E-state index contributed by atoms with van der Waals surface area (Å²) in [7, 11) is 0. The van der Waals surface area contributed by atoms with Crippen molar-refractivity contribution in [1.29, 1.82) is 0 Å². The van der Waals surface area contributed by atoms with Gasteiger partial charge in [0.15, 0.2) is 0 Å². The Morgan fingerprint density at radius 2 is 0.569 bits per heavy atom. The molecule has 4 heterocycles. The van der Waals surface area contributed by atoms with Crippen LogP contribution in [0.2, 0.25) is 0 Å². The largest absolute Gasteiger partial charge is 0.368 e. The van der Waals surface area contributed by atoms with E-state index < -0.39 is 117 Å². The maximum Gasteiger partial charge on any atom is 0.242 e. The Labute approximate surface area is 608 Å². The number of carbonyl (C=O) groups excluding carboxylic acids is 14. The van der Waals surface area contributed by atoms with Crippen molar-refractivity contribution in [1.82, 2.24) is 69.0 Å². The van der Waals surface area contributed by atoms with Gasteiger partial charge in [-0.2, -0.15) is 0 Å². The van der Waals surface area contributed by atoms with Crippen LogP contribution in [-0.4, -0.2) is 327 Å². The van der Waals surface area contributed by atoms with E-state index in [1.54, 1.807) is 47.3 Å². The Morgan fingerprint density at radius 3 is 0.804 bits per heavy atom. The molecule has 0 aromatic heterocycles. The molecule has 0 aliphatic carbocycles. The van der Waals surface area contributed by atoms with Crippen LogP contribution >= 0.6 is 0 Å². The molecule has 0 saturated carbocycles. The number of amides is 14. The summed E-state index contributed by atoms with van der Waals surface area (Å²) in [5, 5.41) is 3.22. The molecular formula is C73H129N15O14. The van der Waals surface area contributed by atoms with Crippen LogP contribution in [0.5, 0.6) is 0 Å². The number of hydrogen-bond acceptors (Lipinski definition) is 15. The third-order valence-electron chi connectivity index (χ3n) is 20.8. The highest BCUT2D eigenvalue weighted by Gasteiger charge is 2.36. The summed E-state index contributed by atoms with van der Waals surface area (Å²) in [6.45, 7) is 21.5. The number of nitrogens with one attached hydrogen (secondary N) is 1. The lowest BCUT2D eigenvalue weighted by molar-refractivity contribution is -0.151. The summed E-state index contributed by atoms with van der Waals surface area (Å²) in [4.78, 5) is 215.